The van der Waals surface area contributed by atoms with Crippen LogP contribution >= 0.6 is 0 Å². The zero-order chi connectivity index (χ0) is 18.5. The Bertz CT molecular complexity index is 802. The summed E-state index contributed by atoms with van der Waals surface area (Å²) in [6, 6.07) is 11.0. The highest BCUT2D eigenvalue weighted by atomic mass is 16.5. The van der Waals surface area contributed by atoms with Gasteiger partial charge in [0.2, 0.25) is 0 Å². The van der Waals surface area contributed by atoms with Crippen molar-refractivity contribution in [1.29, 1.82) is 0 Å². The summed E-state index contributed by atoms with van der Waals surface area (Å²) >= 11 is 0. The Kier molecular flexibility index (Phi) is 5.76. The molecular weight excluding hydrogens is 330 g/mol. The number of likely N-dealkylation sites (tertiary alicyclic amines) is 1. The first-order valence-corrected chi connectivity index (χ1v) is 9.22. The van der Waals surface area contributed by atoms with Crippen molar-refractivity contribution in [3.8, 4) is 5.75 Å². The molecule has 0 spiro atoms. The third-order valence-electron chi connectivity index (χ3n) is 4.64. The number of aryl methyl sites for hydroxylation is 2. The van der Waals surface area contributed by atoms with Crippen LogP contribution in [0.5, 0.6) is 5.75 Å². The Morgan fingerprint density at radius 2 is 1.88 bits per heavy atom. The molecule has 2 aromatic rings. The van der Waals surface area contributed by atoms with E-state index in [0.29, 0.717) is 24.6 Å². The predicted octanol–water partition coefficient (Wildman–Crippen LogP) is 3.58. The van der Waals surface area contributed by atoms with Crippen molar-refractivity contribution < 1.29 is 13.9 Å². The lowest BCUT2D eigenvalue weighted by Crippen LogP contribution is -2.41. The van der Waals surface area contributed by atoms with E-state index < -0.39 is 5.63 Å². The van der Waals surface area contributed by atoms with Gasteiger partial charge >= 0.3 is 5.63 Å². The normalized spacial score (nSPS) is 15.1. The van der Waals surface area contributed by atoms with Gasteiger partial charge < -0.3 is 14.1 Å². The number of carbonyl (C=O) groups is 1. The van der Waals surface area contributed by atoms with Crippen molar-refractivity contribution in [3.63, 3.8) is 0 Å². The molecule has 0 saturated carbocycles. The van der Waals surface area contributed by atoms with Crippen LogP contribution in [-0.2, 0) is 6.42 Å². The van der Waals surface area contributed by atoms with E-state index in [9.17, 15) is 9.59 Å². The number of carbonyl (C=O) groups excluding carboxylic acids is 1. The third-order valence-corrected chi connectivity index (χ3v) is 4.64. The summed E-state index contributed by atoms with van der Waals surface area (Å²) in [5, 5.41) is 0. The molecule has 2 heterocycles. The zero-order valence-corrected chi connectivity index (χ0v) is 15.4. The Labute approximate surface area is 153 Å². The second kappa shape index (κ2) is 8.21. The van der Waals surface area contributed by atoms with Gasteiger partial charge in [-0.25, -0.2) is 4.79 Å². The van der Waals surface area contributed by atoms with Crippen LogP contribution in [-0.4, -0.2) is 30.0 Å². The van der Waals surface area contributed by atoms with Gasteiger partial charge in [-0.2, -0.15) is 0 Å². The molecule has 1 amide bonds. The maximum Gasteiger partial charge on any atom is 0.339 e. The number of rotatable bonds is 5. The maximum atomic E-state index is 12.7. The van der Waals surface area contributed by atoms with E-state index in [0.717, 1.165) is 31.2 Å². The molecule has 0 aliphatic carbocycles. The molecule has 0 N–H and O–H groups in total. The number of ether oxygens (including phenoxy) is 1. The fraction of sp³-hybridized carbons (Fsp3) is 0.429. The molecule has 0 unspecified atom stereocenters. The van der Waals surface area contributed by atoms with Crippen LogP contribution in [0.3, 0.4) is 0 Å². The van der Waals surface area contributed by atoms with Crippen LogP contribution in [0.25, 0.3) is 0 Å². The van der Waals surface area contributed by atoms with Crippen molar-refractivity contribution in [2.75, 3.05) is 13.1 Å². The number of piperidine rings is 1. The van der Waals surface area contributed by atoms with Gasteiger partial charge in [0.1, 0.15) is 17.6 Å². The lowest BCUT2D eigenvalue weighted by molar-refractivity contribution is 0.0594. The van der Waals surface area contributed by atoms with Crippen LogP contribution in [0.4, 0.5) is 0 Å². The van der Waals surface area contributed by atoms with Crippen LogP contribution in [0.1, 0.15) is 47.9 Å². The number of amides is 1. The number of benzene rings is 1. The largest absolute Gasteiger partial charge is 0.490 e. The molecule has 5 heteroatoms. The second-order valence-electron chi connectivity index (χ2n) is 6.78. The van der Waals surface area contributed by atoms with Crippen molar-refractivity contribution in [2.24, 2.45) is 0 Å². The lowest BCUT2D eigenvalue weighted by Gasteiger charge is -2.32. The summed E-state index contributed by atoms with van der Waals surface area (Å²) in [4.78, 5) is 25.9. The maximum absolute atomic E-state index is 12.7. The molecule has 0 radical (unpaired) electrons. The van der Waals surface area contributed by atoms with Gasteiger partial charge in [-0.15, -0.1) is 0 Å². The average Bonchev–Trinajstić information content (AvgIpc) is 2.62. The summed E-state index contributed by atoms with van der Waals surface area (Å²) < 4.78 is 10.8. The molecule has 1 saturated heterocycles. The van der Waals surface area contributed by atoms with Crippen LogP contribution in [0.2, 0.25) is 0 Å². The smallest absolute Gasteiger partial charge is 0.339 e. The SMILES string of the molecule is CCCc1ccc(C(=O)N2CCC(Oc3cc(C)oc(=O)c3)CC2)cc1. The molecule has 1 aliphatic heterocycles. The zero-order valence-electron chi connectivity index (χ0n) is 15.4. The van der Waals surface area contributed by atoms with Gasteiger partial charge in [0.25, 0.3) is 5.91 Å². The molecule has 5 nitrogen and oxygen atoms in total. The highest BCUT2D eigenvalue weighted by Crippen LogP contribution is 2.20. The molecule has 1 fully saturated rings. The van der Waals surface area contributed by atoms with Crippen LogP contribution in [0, 0.1) is 6.92 Å². The molecule has 1 aliphatic rings. The molecule has 26 heavy (non-hydrogen) atoms. The molecule has 1 aromatic carbocycles. The molecule has 138 valence electrons. The minimum Gasteiger partial charge on any atom is -0.490 e. The second-order valence-corrected chi connectivity index (χ2v) is 6.78. The third kappa shape index (κ3) is 4.54. The Hall–Kier alpha value is -2.56. The highest BCUT2D eigenvalue weighted by Gasteiger charge is 2.25. The topological polar surface area (TPSA) is 59.8 Å². The first-order valence-electron chi connectivity index (χ1n) is 9.22. The molecule has 3 rings (SSSR count). The van der Waals surface area contributed by atoms with E-state index in [-0.39, 0.29) is 12.0 Å². The standard InChI is InChI=1S/C21H25NO4/c1-3-4-16-5-7-17(8-6-16)21(24)22-11-9-18(10-12-22)26-19-13-15(2)25-20(23)14-19/h5-8,13-14,18H,3-4,9-12H2,1-2H3. The van der Waals surface area contributed by atoms with Crippen molar-refractivity contribution in [2.45, 2.75) is 45.6 Å². The van der Waals surface area contributed by atoms with Gasteiger partial charge in [0.15, 0.2) is 0 Å². The van der Waals surface area contributed by atoms with Crippen molar-refractivity contribution >= 4 is 5.91 Å². The quantitative estimate of drug-likeness (QED) is 0.822. The summed E-state index contributed by atoms with van der Waals surface area (Å²) in [6.07, 6.45) is 3.64. The number of hydrogen-bond donors (Lipinski definition) is 0. The first kappa shape index (κ1) is 18.2. The summed E-state index contributed by atoms with van der Waals surface area (Å²) in [6.45, 7) is 5.18. The van der Waals surface area contributed by atoms with Crippen LogP contribution < -0.4 is 10.4 Å². The molecular formula is C21H25NO4. The monoisotopic (exact) mass is 355 g/mol. The van der Waals surface area contributed by atoms with Gasteiger partial charge in [0.05, 0.1) is 6.07 Å². The van der Waals surface area contributed by atoms with Gasteiger partial charge in [-0.3, -0.25) is 4.79 Å². The van der Waals surface area contributed by atoms with Crippen LogP contribution in [0.15, 0.2) is 45.6 Å². The van der Waals surface area contributed by atoms with Crippen molar-refractivity contribution in [3.05, 3.63) is 63.7 Å². The summed E-state index contributed by atoms with van der Waals surface area (Å²) in [5.41, 5.74) is 1.60. The molecule has 0 bridgehead atoms. The fourth-order valence-corrected chi connectivity index (χ4v) is 3.30. The van der Waals surface area contributed by atoms with E-state index >= 15 is 0 Å². The predicted molar refractivity (Wildman–Crippen MR) is 99.7 cm³/mol. The minimum absolute atomic E-state index is 0.00665. The Morgan fingerprint density at radius 1 is 1.19 bits per heavy atom. The fourth-order valence-electron chi connectivity index (χ4n) is 3.30. The molecule has 1 aromatic heterocycles. The van der Waals surface area contributed by atoms with Gasteiger partial charge in [0, 0.05) is 37.6 Å². The summed E-state index contributed by atoms with van der Waals surface area (Å²) in [7, 11) is 0. The van der Waals surface area contributed by atoms with E-state index in [1.165, 1.54) is 11.6 Å². The van der Waals surface area contributed by atoms with E-state index in [2.05, 4.69) is 6.92 Å². The van der Waals surface area contributed by atoms with E-state index in [1.54, 1.807) is 13.0 Å². The first-order chi connectivity index (χ1) is 12.5. The van der Waals surface area contributed by atoms with Crippen molar-refractivity contribution in [1.82, 2.24) is 4.90 Å². The average molecular weight is 355 g/mol. The van der Waals surface area contributed by atoms with Gasteiger partial charge in [-0.05, 0) is 31.0 Å². The van der Waals surface area contributed by atoms with E-state index in [1.807, 2.05) is 29.2 Å². The lowest BCUT2D eigenvalue weighted by atomic mass is 10.0. The molecule has 0 atom stereocenters. The minimum atomic E-state index is -0.404. The Morgan fingerprint density at radius 3 is 2.50 bits per heavy atom. The van der Waals surface area contributed by atoms with Gasteiger partial charge in [-0.1, -0.05) is 25.5 Å². The highest BCUT2D eigenvalue weighted by molar-refractivity contribution is 5.94. The number of hydrogen-bond acceptors (Lipinski definition) is 4. The summed E-state index contributed by atoms with van der Waals surface area (Å²) in [5.74, 6) is 1.14. The number of nitrogens with zero attached hydrogens (tertiary/aromatic N) is 1. The Balaban J connectivity index is 1.55. The van der Waals surface area contributed by atoms with E-state index in [4.69, 9.17) is 9.15 Å².